The Morgan fingerprint density at radius 1 is 1.28 bits per heavy atom. The maximum Gasteiger partial charge on any atom is 0.225 e. The van der Waals surface area contributed by atoms with Gasteiger partial charge in [-0.15, -0.1) is 17.9 Å². The number of aromatic nitrogens is 2. The largest absolute Gasteiger partial charge is 0.323 e. The van der Waals surface area contributed by atoms with Gasteiger partial charge in [0.2, 0.25) is 5.91 Å². The van der Waals surface area contributed by atoms with Gasteiger partial charge in [-0.1, -0.05) is 35.9 Å². The van der Waals surface area contributed by atoms with Crippen LogP contribution < -0.4 is 5.32 Å². The van der Waals surface area contributed by atoms with Gasteiger partial charge in [0.15, 0.2) is 0 Å². The number of carbonyl (C=O) groups excluding carboxylic acids is 1. The standard InChI is InChI=1S/C22H25ClN4OS/c1-4-13-26(15-19-10-11-20(23)29-19)14-12-21(28)24-22-16(2)25-27(17(22)3)18-8-6-5-7-9-18/h4-11H,1,12-15H2,2-3H3,(H,24,28). The summed E-state index contributed by atoms with van der Waals surface area (Å²) in [6.45, 7) is 9.80. The number of amides is 1. The lowest BCUT2D eigenvalue weighted by molar-refractivity contribution is -0.116. The quantitative estimate of drug-likeness (QED) is 0.475. The molecule has 0 aliphatic rings. The number of aryl methyl sites for hydroxylation is 1. The third-order valence-corrected chi connectivity index (χ3v) is 5.82. The summed E-state index contributed by atoms with van der Waals surface area (Å²) < 4.78 is 2.63. The third-order valence-electron chi connectivity index (χ3n) is 4.61. The molecule has 3 rings (SSSR count). The van der Waals surface area contributed by atoms with Crippen molar-refractivity contribution in [3.8, 4) is 5.69 Å². The highest BCUT2D eigenvalue weighted by molar-refractivity contribution is 7.16. The highest BCUT2D eigenvalue weighted by Gasteiger charge is 2.16. The maximum absolute atomic E-state index is 12.6. The first-order valence-electron chi connectivity index (χ1n) is 9.47. The van der Waals surface area contributed by atoms with Crippen molar-refractivity contribution < 1.29 is 4.79 Å². The molecule has 0 fully saturated rings. The van der Waals surface area contributed by atoms with Crippen molar-refractivity contribution in [1.29, 1.82) is 0 Å². The van der Waals surface area contributed by atoms with Gasteiger partial charge in [0.25, 0.3) is 0 Å². The first kappa shape index (κ1) is 21.3. The molecule has 0 atom stereocenters. The van der Waals surface area contributed by atoms with E-state index < -0.39 is 0 Å². The molecule has 0 unspecified atom stereocenters. The second-order valence-corrected chi connectivity index (χ2v) is 8.62. The van der Waals surface area contributed by atoms with Crippen molar-refractivity contribution in [3.63, 3.8) is 0 Å². The van der Waals surface area contributed by atoms with E-state index in [1.54, 1.807) is 11.3 Å². The smallest absolute Gasteiger partial charge is 0.225 e. The SMILES string of the molecule is C=CCN(CCC(=O)Nc1c(C)nn(-c2ccccc2)c1C)Cc1ccc(Cl)s1. The molecule has 2 aromatic heterocycles. The van der Waals surface area contributed by atoms with Crippen LogP contribution in [0, 0.1) is 13.8 Å². The van der Waals surface area contributed by atoms with Crippen molar-refractivity contribution in [2.45, 2.75) is 26.8 Å². The Morgan fingerprint density at radius 3 is 2.69 bits per heavy atom. The van der Waals surface area contributed by atoms with Crippen LogP contribution in [0.5, 0.6) is 0 Å². The number of halogens is 1. The number of anilines is 1. The van der Waals surface area contributed by atoms with Crippen molar-refractivity contribution in [1.82, 2.24) is 14.7 Å². The van der Waals surface area contributed by atoms with Gasteiger partial charge in [0.05, 0.1) is 27.1 Å². The van der Waals surface area contributed by atoms with Gasteiger partial charge in [-0.3, -0.25) is 9.69 Å². The second-order valence-electron chi connectivity index (χ2n) is 6.82. The molecule has 0 radical (unpaired) electrons. The predicted octanol–water partition coefficient (Wildman–Crippen LogP) is 5.22. The van der Waals surface area contributed by atoms with Crippen LogP contribution >= 0.6 is 22.9 Å². The zero-order valence-electron chi connectivity index (χ0n) is 16.7. The van der Waals surface area contributed by atoms with E-state index in [9.17, 15) is 4.79 Å². The van der Waals surface area contributed by atoms with E-state index in [2.05, 4.69) is 21.9 Å². The Morgan fingerprint density at radius 2 is 2.03 bits per heavy atom. The average molecular weight is 429 g/mol. The van der Waals surface area contributed by atoms with Crippen LogP contribution in [0.1, 0.15) is 22.7 Å². The number of hydrogen-bond donors (Lipinski definition) is 1. The fourth-order valence-corrected chi connectivity index (χ4v) is 4.31. The lowest BCUT2D eigenvalue weighted by atomic mass is 10.2. The van der Waals surface area contributed by atoms with E-state index in [0.717, 1.165) is 33.6 Å². The number of para-hydroxylation sites is 1. The van der Waals surface area contributed by atoms with Crippen LogP contribution in [0.2, 0.25) is 4.34 Å². The fourth-order valence-electron chi connectivity index (χ4n) is 3.18. The van der Waals surface area contributed by atoms with Crippen molar-refractivity contribution in [3.05, 3.63) is 75.7 Å². The molecule has 0 saturated carbocycles. The molecule has 7 heteroatoms. The molecule has 0 aliphatic carbocycles. The van der Waals surface area contributed by atoms with E-state index in [1.165, 1.54) is 4.88 Å². The topological polar surface area (TPSA) is 50.2 Å². The van der Waals surface area contributed by atoms with Crippen LogP contribution in [-0.4, -0.2) is 33.7 Å². The zero-order valence-corrected chi connectivity index (χ0v) is 18.3. The van der Waals surface area contributed by atoms with Gasteiger partial charge in [-0.05, 0) is 38.1 Å². The normalized spacial score (nSPS) is 11.0. The fraction of sp³-hybridized carbons (Fsp3) is 0.273. The summed E-state index contributed by atoms with van der Waals surface area (Å²) in [5.74, 6) is -0.0258. The Hall–Kier alpha value is -2.41. The van der Waals surface area contributed by atoms with Gasteiger partial charge < -0.3 is 5.32 Å². The molecule has 1 N–H and O–H groups in total. The molecular weight excluding hydrogens is 404 g/mol. The summed E-state index contributed by atoms with van der Waals surface area (Å²) in [5, 5.41) is 7.62. The number of benzene rings is 1. The summed E-state index contributed by atoms with van der Waals surface area (Å²) in [6.07, 6.45) is 2.24. The lowest BCUT2D eigenvalue weighted by Gasteiger charge is -2.19. The van der Waals surface area contributed by atoms with Gasteiger partial charge >= 0.3 is 0 Å². The van der Waals surface area contributed by atoms with E-state index in [4.69, 9.17) is 11.6 Å². The predicted molar refractivity (Wildman–Crippen MR) is 121 cm³/mol. The van der Waals surface area contributed by atoms with Gasteiger partial charge in [-0.2, -0.15) is 5.10 Å². The Kier molecular flexibility index (Phi) is 7.25. The molecule has 0 spiro atoms. The van der Waals surface area contributed by atoms with Crippen LogP contribution in [-0.2, 0) is 11.3 Å². The van der Waals surface area contributed by atoms with Crippen LogP contribution in [0.4, 0.5) is 5.69 Å². The number of carbonyl (C=O) groups is 1. The second kappa shape index (κ2) is 9.87. The molecule has 0 aliphatic heterocycles. The summed E-state index contributed by atoms with van der Waals surface area (Å²) in [7, 11) is 0. The Labute approximate surface area is 180 Å². The lowest BCUT2D eigenvalue weighted by Crippen LogP contribution is -2.27. The van der Waals surface area contributed by atoms with Crippen LogP contribution in [0.3, 0.4) is 0 Å². The summed E-state index contributed by atoms with van der Waals surface area (Å²) >= 11 is 7.58. The number of thiophene rings is 1. The summed E-state index contributed by atoms with van der Waals surface area (Å²) in [4.78, 5) is 16.0. The van der Waals surface area contributed by atoms with Crippen molar-refractivity contribution in [2.75, 3.05) is 18.4 Å². The minimum Gasteiger partial charge on any atom is -0.323 e. The summed E-state index contributed by atoms with van der Waals surface area (Å²) in [6, 6.07) is 13.8. The van der Waals surface area contributed by atoms with Crippen molar-refractivity contribution in [2.24, 2.45) is 0 Å². The highest BCUT2D eigenvalue weighted by Crippen LogP contribution is 2.24. The third kappa shape index (κ3) is 5.56. The van der Waals surface area contributed by atoms with E-state index in [0.29, 0.717) is 19.5 Å². The highest BCUT2D eigenvalue weighted by atomic mass is 35.5. The van der Waals surface area contributed by atoms with Crippen molar-refractivity contribution >= 4 is 34.5 Å². The van der Waals surface area contributed by atoms with E-state index in [1.807, 2.05) is 67.1 Å². The molecular formula is C22H25ClN4OS. The van der Waals surface area contributed by atoms with Gasteiger partial charge in [0.1, 0.15) is 0 Å². The minimum absolute atomic E-state index is 0.0258. The molecule has 29 heavy (non-hydrogen) atoms. The van der Waals surface area contributed by atoms with Gasteiger partial charge in [0, 0.05) is 30.9 Å². The maximum atomic E-state index is 12.6. The molecule has 1 aromatic carbocycles. The minimum atomic E-state index is -0.0258. The zero-order chi connectivity index (χ0) is 20.8. The first-order valence-corrected chi connectivity index (χ1v) is 10.7. The molecule has 0 bridgehead atoms. The number of hydrogen-bond acceptors (Lipinski definition) is 4. The number of rotatable bonds is 9. The molecule has 5 nitrogen and oxygen atoms in total. The molecule has 1 amide bonds. The number of nitrogens with one attached hydrogen (secondary N) is 1. The van der Waals surface area contributed by atoms with Crippen LogP contribution in [0.25, 0.3) is 5.69 Å². The Balaban J connectivity index is 1.62. The molecule has 3 aromatic rings. The monoisotopic (exact) mass is 428 g/mol. The average Bonchev–Trinajstić information content (AvgIpc) is 3.24. The number of nitrogens with zero attached hydrogens (tertiary/aromatic N) is 3. The molecule has 0 saturated heterocycles. The van der Waals surface area contributed by atoms with Crippen LogP contribution in [0.15, 0.2) is 55.1 Å². The summed E-state index contributed by atoms with van der Waals surface area (Å²) in [5.41, 5.74) is 3.47. The molecule has 2 heterocycles. The Bertz CT molecular complexity index is 980. The van der Waals surface area contributed by atoms with Gasteiger partial charge in [-0.25, -0.2) is 4.68 Å². The van der Waals surface area contributed by atoms with E-state index in [-0.39, 0.29) is 5.91 Å². The first-order chi connectivity index (χ1) is 14.0. The molecule has 152 valence electrons. The van der Waals surface area contributed by atoms with E-state index >= 15 is 0 Å².